The minimum absolute atomic E-state index is 0.239. The molecular weight excluding hydrogens is 188 g/mol. The standard InChI is InChI=1S/C10H13F2NO/c1-10(11,12)6-8-2-4-9(5-3-8)7-14-13/h2-5H,6-7,13H2,1H3. The Kier molecular flexibility index (Phi) is 3.55. The maximum Gasteiger partial charge on any atom is 0.249 e. The fourth-order valence-electron chi connectivity index (χ4n) is 1.21. The highest BCUT2D eigenvalue weighted by Gasteiger charge is 2.21. The SMILES string of the molecule is CC(F)(F)Cc1ccc(CON)cc1. The number of nitrogens with two attached hydrogens (primary N) is 1. The van der Waals surface area contributed by atoms with Crippen LogP contribution in [-0.4, -0.2) is 5.92 Å². The molecule has 0 fully saturated rings. The molecule has 0 aliphatic carbocycles. The lowest BCUT2D eigenvalue weighted by atomic mass is 10.1. The van der Waals surface area contributed by atoms with E-state index in [2.05, 4.69) is 4.84 Å². The molecule has 1 rings (SSSR count). The van der Waals surface area contributed by atoms with Gasteiger partial charge in [0.05, 0.1) is 6.61 Å². The zero-order valence-corrected chi connectivity index (χ0v) is 7.97. The summed E-state index contributed by atoms with van der Waals surface area (Å²) in [6, 6.07) is 6.78. The second kappa shape index (κ2) is 4.48. The Labute approximate surface area is 81.6 Å². The van der Waals surface area contributed by atoms with Gasteiger partial charge in [0.25, 0.3) is 0 Å². The summed E-state index contributed by atoms with van der Waals surface area (Å²) < 4.78 is 25.2. The minimum atomic E-state index is -2.66. The smallest absolute Gasteiger partial charge is 0.249 e. The first-order valence-electron chi connectivity index (χ1n) is 4.28. The van der Waals surface area contributed by atoms with E-state index in [0.29, 0.717) is 12.2 Å². The number of rotatable bonds is 4. The average Bonchev–Trinajstić information content (AvgIpc) is 2.06. The Morgan fingerprint density at radius 2 is 1.71 bits per heavy atom. The monoisotopic (exact) mass is 201 g/mol. The van der Waals surface area contributed by atoms with Crippen molar-refractivity contribution < 1.29 is 13.6 Å². The maximum absolute atomic E-state index is 12.6. The van der Waals surface area contributed by atoms with Crippen molar-refractivity contribution in [3.05, 3.63) is 35.4 Å². The van der Waals surface area contributed by atoms with Crippen LogP contribution in [0.1, 0.15) is 18.1 Å². The predicted octanol–water partition coefficient (Wildman–Crippen LogP) is 2.27. The molecule has 0 radical (unpaired) electrons. The summed E-state index contributed by atoms with van der Waals surface area (Å²) in [5, 5.41) is 0. The van der Waals surface area contributed by atoms with Gasteiger partial charge < -0.3 is 0 Å². The van der Waals surface area contributed by atoms with E-state index in [1.54, 1.807) is 24.3 Å². The van der Waals surface area contributed by atoms with E-state index in [0.717, 1.165) is 12.5 Å². The van der Waals surface area contributed by atoms with Crippen molar-refractivity contribution in [3.8, 4) is 0 Å². The van der Waals surface area contributed by atoms with Crippen LogP contribution in [0.3, 0.4) is 0 Å². The number of alkyl halides is 2. The third-order valence-corrected chi connectivity index (χ3v) is 1.79. The number of halogens is 2. The van der Waals surface area contributed by atoms with Gasteiger partial charge in [0.1, 0.15) is 0 Å². The normalized spacial score (nSPS) is 11.7. The zero-order valence-electron chi connectivity index (χ0n) is 7.97. The summed E-state index contributed by atoms with van der Waals surface area (Å²) >= 11 is 0. The first-order chi connectivity index (χ1) is 6.51. The Morgan fingerprint density at radius 3 is 2.14 bits per heavy atom. The maximum atomic E-state index is 12.6. The fraction of sp³-hybridized carbons (Fsp3) is 0.400. The molecule has 0 unspecified atom stereocenters. The van der Waals surface area contributed by atoms with Gasteiger partial charge in [0, 0.05) is 6.42 Å². The van der Waals surface area contributed by atoms with Gasteiger partial charge in [-0.05, 0) is 18.1 Å². The van der Waals surface area contributed by atoms with Crippen LogP contribution in [0.25, 0.3) is 0 Å². The lowest BCUT2D eigenvalue weighted by Gasteiger charge is -2.10. The van der Waals surface area contributed by atoms with Crippen LogP contribution in [0, 0.1) is 0 Å². The van der Waals surface area contributed by atoms with Crippen molar-refractivity contribution in [2.75, 3.05) is 0 Å². The molecule has 0 bridgehead atoms. The van der Waals surface area contributed by atoms with E-state index in [1.165, 1.54) is 0 Å². The molecule has 0 amide bonds. The van der Waals surface area contributed by atoms with Crippen LogP contribution in [0.2, 0.25) is 0 Å². The van der Waals surface area contributed by atoms with Crippen molar-refractivity contribution >= 4 is 0 Å². The number of benzene rings is 1. The highest BCUT2D eigenvalue weighted by atomic mass is 19.3. The molecule has 0 saturated heterocycles. The first kappa shape index (κ1) is 11.1. The quantitative estimate of drug-likeness (QED) is 0.758. The van der Waals surface area contributed by atoms with Gasteiger partial charge in [-0.3, -0.25) is 4.84 Å². The predicted molar refractivity (Wildman–Crippen MR) is 49.7 cm³/mol. The molecule has 0 atom stereocenters. The lowest BCUT2D eigenvalue weighted by molar-refractivity contribution is 0.0226. The molecular formula is C10H13F2NO. The van der Waals surface area contributed by atoms with Gasteiger partial charge in [0.15, 0.2) is 0 Å². The van der Waals surface area contributed by atoms with Crippen LogP contribution in [-0.2, 0) is 17.9 Å². The molecule has 0 aliphatic rings. The molecule has 0 heterocycles. The van der Waals surface area contributed by atoms with Crippen molar-refractivity contribution in [1.29, 1.82) is 0 Å². The van der Waals surface area contributed by atoms with E-state index < -0.39 is 5.92 Å². The third kappa shape index (κ3) is 3.81. The van der Waals surface area contributed by atoms with Crippen LogP contribution in [0.15, 0.2) is 24.3 Å². The Hall–Kier alpha value is -1.00. The molecule has 14 heavy (non-hydrogen) atoms. The van der Waals surface area contributed by atoms with Crippen LogP contribution < -0.4 is 5.90 Å². The molecule has 78 valence electrons. The van der Waals surface area contributed by atoms with Crippen LogP contribution >= 0.6 is 0 Å². The number of hydrogen-bond acceptors (Lipinski definition) is 2. The molecule has 0 aromatic heterocycles. The molecule has 1 aromatic carbocycles. The van der Waals surface area contributed by atoms with Gasteiger partial charge in [0.2, 0.25) is 5.92 Å². The molecule has 2 nitrogen and oxygen atoms in total. The zero-order chi connectivity index (χ0) is 10.6. The van der Waals surface area contributed by atoms with E-state index >= 15 is 0 Å². The molecule has 0 saturated carbocycles. The van der Waals surface area contributed by atoms with E-state index in [4.69, 9.17) is 5.90 Å². The average molecular weight is 201 g/mol. The minimum Gasteiger partial charge on any atom is -0.300 e. The molecule has 1 aromatic rings. The van der Waals surface area contributed by atoms with Gasteiger partial charge in [-0.15, -0.1) is 0 Å². The third-order valence-electron chi connectivity index (χ3n) is 1.79. The van der Waals surface area contributed by atoms with Crippen molar-refractivity contribution in [2.45, 2.75) is 25.9 Å². The summed E-state index contributed by atoms with van der Waals surface area (Å²) in [6.45, 7) is 1.20. The van der Waals surface area contributed by atoms with Crippen molar-refractivity contribution in [3.63, 3.8) is 0 Å². The second-order valence-electron chi connectivity index (χ2n) is 3.37. The topological polar surface area (TPSA) is 35.2 Å². The molecule has 4 heteroatoms. The second-order valence-corrected chi connectivity index (χ2v) is 3.37. The Bertz CT molecular complexity index is 279. The summed E-state index contributed by atoms with van der Waals surface area (Å²) in [7, 11) is 0. The van der Waals surface area contributed by atoms with Crippen molar-refractivity contribution in [2.24, 2.45) is 5.90 Å². The summed E-state index contributed by atoms with van der Waals surface area (Å²) in [5.41, 5.74) is 1.48. The van der Waals surface area contributed by atoms with E-state index in [1.807, 2.05) is 0 Å². The summed E-state index contributed by atoms with van der Waals surface area (Å²) in [5.74, 6) is 2.22. The van der Waals surface area contributed by atoms with Crippen LogP contribution in [0.5, 0.6) is 0 Å². The highest BCUT2D eigenvalue weighted by molar-refractivity contribution is 5.22. The fourth-order valence-corrected chi connectivity index (χ4v) is 1.21. The van der Waals surface area contributed by atoms with Crippen molar-refractivity contribution in [1.82, 2.24) is 0 Å². The van der Waals surface area contributed by atoms with E-state index in [9.17, 15) is 8.78 Å². The highest BCUT2D eigenvalue weighted by Crippen LogP contribution is 2.19. The van der Waals surface area contributed by atoms with Crippen LogP contribution in [0.4, 0.5) is 8.78 Å². The van der Waals surface area contributed by atoms with Gasteiger partial charge in [-0.25, -0.2) is 14.7 Å². The molecule has 0 aliphatic heterocycles. The molecule has 0 spiro atoms. The van der Waals surface area contributed by atoms with Gasteiger partial charge >= 0.3 is 0 Å². The number of hydrogen-bond donors (Lipinski definition) is 1. The lowest BCUT2D eigenvalue weighted by Crippen LogP contribution is -2.13. The van der Waals surface area contributed by atoms with Gasteiger partial charge in [-0.2, -0.15) is 0 Å². The largest absolute Gasteiger partial charge is 0.300 e. The Balaban J connectivity index is 2.64. The van der Waals surface area contributed by atoms with Gasteiger partial charge in [-0.1, -0.05) is 24.3 Å². The first-order valence-corrected chi connectivity index (χ1v) is 4.28. The Morgan fingerprint density at radius 1 is 1.21 bits per heavy atom. The summed E-state index contributed by atoms with van der Waals surface area (Å²) in [6.07, 6.45) is -0.239. The summed E-state index contributed by atoms with van der Waals surface area (Å²) in [4.78, 5) is 4.42. The molecule has 2 N–H and O–H groups in total. The van der Waals surface area contributed by atoms with E-state index in [-0.39, 0.29) is 6.42 Å².